The van der Waals surface area contributed by atoms with Gasteiger partial charge >= 0.3 is 0 Å². The summed E-state index contributed by atoms with van der Waals surface area (Å²) < 4.78 is 0. The Morgan fingerprint density at radius 2 is 1.67 bits per heavy atom. The molecule has 0 aliphatic heterocycles. The van der Waals surface area contributed by atoms with Crippen molar-refractivity contribution in [3.05, 3.63) is 30.4 Å². The van der Waals surface area contributed by atoms with Gasteiger partial charge in [-0.25, -0.2) is 0 Å². The highest BCUT2D eigenvalue weighted by Crippen LogP contribution is 2.20. The molecule has 3 heteroatoms. The van der Waals surface area contributed by atoms with E-state index in [-0.39, 0.29) is 5.41 Å². The van der Waals surface area contributed by atoms with E-state index in [1.807, 2.05) is 6.07 Å². The molecule has 0 aliphatic rings. The highest BCUT2D eigenvalue weighted by Gasteiger charge is 2.12. The molecule has 0 atom stereocenters. The summed E-state index contributed by atoms with van der Waals surface area (Å²) in [5.74, 6) is 0. The zero-order valence-corrected chi connectivity index (χ0v) is 9.36. The van der Waals surface area contributed by atoms with Gasteiger partial charge in [0.05, 0.1) is 11.7 Å². The summed E-state index contributed by atoms with van der Waals surface area (Å²) in [6, 6.07) is 2.02. The average molecular weight is 201 g/mol. The first-order valence-electron chi connectivity index (χ1n) is 5.10. The minimum absolute atomic E-state index is 0.253. The maximum absolute atomic E-state index is 4.39. The molecule has 0 unspecified atom stereocenters. The molecule has 0 saturated heterocycles. The maximum atomic E-state index is 4.39. The Kier molecular flexibility index (Phi) is 2.39. The lowest BCUT2D eigenvalue weighted by molar-refractivity contribution is 0.406. The van der Waals surface area contributed by atoms with Crippen LogP contribution in [0.4, 0.5) is 0 Å². The van der Waals surface area contributed by atoms with Crippen LogP contribution in [0.25, 0.3) is 11.0 Å². The molecule has 2 heterocycles. The number of hydrogen-bond donors (Lipinski definition) is 0. The number of rotatable bonds is 1. The monoisotopic (exact) mass is 201 g/mol. The summed E-state index contributed by atoms with van der Waals surface area (Å²) in [4.78, 5) is 12.9. The van der Waals surface area contributed by atoms with E-state index in [0.29, 0.717) is 0 Å². The Morgan fingerprint density at radius 1 is 1.00 bits per heavy atom. The molecule has 0 aliphatic carbocycles. The van der Waals surface area contributed by atoms with Gasteiger partial charge in [0.15, 0.2) is 0 Å². The van der Waals surface area contributed by atoms with E-state index < -0.39 is 0 Å². The van der Waals surface area contributed by atoms with Gasteiger partial charge < -0.3 is 0 Å². The van der Waals surface area contributed by atoms with Crippen molar-refractivity contribution in [1.82, 2.24) is 15.0 Å². The first-order valence-corrected chi connectivity index (χ1v) is 5.10. The van der Waals surface area contributed by atoms with Crippen molar-refractivity contribution in [3.63, 3.8) is 0 Å². The molecular weight excluding hydrogens is 186 g/mol. The van der Waals surface area contributed by atoms with Crippen LogP contribution in [-0.2, 0) is 6.42 Å². The van der Waals surface area contributed by atoms with Crippen LogP contribution >= 0.6 is 0 Å². The van der Waals surface area contributed by atoms with Crippen molar-refractivity contribution in [3.8, 4) is 0 Å². The summed E-state index contributed by atoms with van der Waals surface area (Å²) in [7, 11) is 0. The molecule has 0 aromatic carbocycles. The Morgan fingerprint density at radius 3 is 2.33 bits per heavy atom. The Labute approximate surface area is 89.6 Å². The predicted octanol–water partition coefficient (Wildman–Crippen LogP) is 2.61. The molecule has 2 rings (SSSR count). The minimum Gasteiger partial charge on any atom is -0.259 e. The van der Waals surface area contributed by atoms with Crippen LogP contribution in [0.3, 0.4) is 0 Å². The average Bonchev–Trinajstić information content (AvgIpc) is 2.15. The molecule has 15 heavy (non-hydrogen) atoms. The third-order valence-electron chi connectivity index (χ3n) is 2.12. The SMILES string of the molecule is CC(C)(C)Cc1cc2nccnc2cn1. The second kappa shape index (κ2) is 3.57. The first kappa shape index (κ1) is 10.0. The van der Waals surface area contributed by atoms with E-state index in [2.05, 4.69) is 35.7 Å². The second-order valence-electron chi connectivity index (χ2n) is 4.96. The summed E-state index contributed by atoms with van der Waals surface area (Å²) >= 11 is 0. The van der Waals surface area contributed by atoms with Crippen LogP contribution in [0.5, 0.6) is 0 Å². The lowest BCUT2D eigenvalue weighted by Crippen LogP contribution is -2.10. The van der Waals surface area contributed by atoms with E-state index in [9.17, 15) is 0 Å². The van der Waals surface area contributed by atoms with Gasteiger partial charge in [-0.1, -0.05) is 20.8 Å². The third kappa shape index (κ3) is 2.49. The number of aromatic nitrogens is 3. The van der Waals surface area contributed by atoms with Gasteiger partial charge in [-0.05, 0) is 17.9 Å². The smallest absolute Gasteiger partial charge is 0.107 e. The topological polar surface area (TPSA) is 38.7 Å². The molecule has 0 saturated carbocycles. The quantitative estimate of drug-likeness (QED) is 0.712. The molecule has 78 valence electrons. The summed E-state index contributed by atoms with van der Waals surface area (Å²) in [5, 5.41) is 0. The molecule has 2 aromatic rings. The van der Waals surface area contributed by atoms with E-state index in [1.165, 1.54) is 0 Å². The third-order valence-corrected chi connectivity index (χ3v) is 2.12. The van der Waals surface area contributed by atoms with Crippen LogP contribution in [0.2, 0.25) is 0 Å². The number of pyridine rings is 1. The van der Waals surface area contributed by atoms with Crippen molar-refractivity contribution >= 4 is 11.0 Å². The zero-order chi connectivity index (χ0) is 10.9. The van der Waals surface area contributed by atoms with Crippen LogP contribution < -0.4 is 0 Å². The van der Waals surface area contributed by atoms with Gasteiger partial charge in [-0.15, -0.1) is 0 Å². The van der Waals surface area contributed by atoms with Crippen LogP contribution in [-0.4, -0.2) is 15.0 Å². The van der Waals surface area contributed by atoms with Crippen molar-refractivity contribution in [2.45, 2.75) is 27.2 Å². The molecule has 0 N–H and O–H groups in total. The van der Waals surface area contributed by atoms with Crippen molar-refractivity contribution < 1.29 is 0 Å². The van der Waals surface area contributed by atoms with Crippen LogP contribution in [0.15, 0.2) is 24.7 Å². The standard InChI is InChI=1S/C12H15N3/c1-12(2,3)7-9-6-10-11(8-15-9)14-5-4-13-10/h4-6,8H,7H2,1-3H3. The minimum atomic E-state index is 0.253. The van der Waals surface area contributed by atoms with Crippen molar-refractivity contribution in [2.75, 3.05) is 0 Å². The normalized spacial score (nSPS) is 11.9. The van der Waals surface area contributed by atoms with Crippen molar-refractivity contribution in [2.24, 2.45) is 5.41 Å². The van der Waals surface area contributed by atoms with E-state index in [1.54, 1.807) is 18.6 Å². The molecule has 3 nitrogen and oxygen atoms in total. The van der Waals surface area contributed by atoms with Gasteiger partial charge in [0, 0.05) is 18.1 Å². The Hall–Kier alpha value is -1.51. The Balaban J connectivity index is 2.39. The second-order valence-corrected chi connectivity index (χ2v) is 4.96. The fourth-order valence-electron chi connectivity index (χ4n) is 1.55. The molecule has 0 bridgehead atoms. The van der Waals surface area contributed by atoms with Crippen LogP contribution in [0.1, 0.15) is 26.5 Å². The van der Waals surface area contributed by atoms with Gasteiger partial charge in [0.1, 0.15) is 5.52 Å². The Bertz CT molecular complexity index is 471. The van der Waals surface area contributed by atoms with Gasteiger partial charge in [-0.3, -0.25) is 15.0 Å². The predicted molar refractivity (Wildman–Crippen MR) is 60.5 cm³/mol. The summed E-state index contributed by atoms with van der Waals surface area (Å²) in [6.07, 6.45) is 6.15. The molecule has 2 aromatic heterocycles. The van der Waals surface area contributed by atoms with Crippen LogP contribution in [0, 0.1) is 5.41 Å². The number of nitrogens with zero attached hydrogens (tertiary/aromatic N) is 3. The van der Waals surface area contributed by atoms with Gasteiger partial charge in [0.25, 0.3) is 0 Å². The molecular formula is C12H15N3. The summed E-state index contributed by atoms with van der Waals surface area (Å²) in [5.41, 5.74) is 3.11. The number of fused-ring (bicyclic) bond motifs is 1. The highest BCUT2D eigenvalue weighted by atomic mass is 14.8. The maximum Gasteiger partial charge on any atom is 0.107 e. The highest BCUT2D eigenvalue weighted by molar-refractivity contribution is 5.72. The fourth-order valence-corrected chi connectivity index (χ4v) is 1.55. The van der Waals surface area contributed by atoms with Gasteiger partial charge in [0.2, 0.25) is 0 Å². The van der Waals surface area contributed by atoms with E-state index in [4.69, 9.17) is 0 Å². The van der Waals surface area contributed by atoms with E-state index >= 15 is 0 Å². The largest absolute Gasteiger partial charge is 0.259 e. The number of hydrogen-bond acceptors (Lipinski definition) is 3. The summed E-state index contributed by atoms with van der Waals surface area (Å²) in [6.45, 7) is 6.61. The molecule has 0 fully saturated rings. The van der Waals surface area contributed by atoms with Gasteiger partial charge in [-0.2, -0.15) is 0 Å². The first-order chi connectivity index (χ1) is 7.04. The molecule has 0 spiro atoms. The lowest BCUT2D eigenvalue weighted by Gasteiger charge is -2.17. The lowest BCUT2D eigenvalue weighted by atomic mass is 9.90. The van der Waals surface area contributed by atoms with E-state index in [0.717, 1.165) is 23.1 Å². The zero-order valence-electron chi connectivity index (χ0n) is 9.36. The molecule has 0 amide bonds. The molecule has 0 radical (unpaired) electrons. The fraction of sp³-hybridized carbons (Fsp3) is 0.417. The van der Waals surface area contributed by atoms with Crippen molar-refractivity contribution in [1.29, 1.82) is 0 Å².